The molecule has 0 saturated heterocycles. The van der Waals surface area contributed by atoms with Gasteiger partial charge in [-0.2, -0.15) is 0 Å². The monoisotopic (exact) mass is 948 g/mol. The van der Waals surface area contributed by atoms with Crippen LogP contribution in [0.3, 0.4) is 0 Å². The fraction of sp³-hybridized carbons (Fsp3) is 0.794. The van der Waals surface area contributed by atoms with Crippen LogP contribution in [-0.2, 0) is 4.74 Å². The van der Waals surface area contributed by atoms with Crippen LogP contribution in [0.1, 0.15) is 258 Å². The van der Waals surface area contributed by atoms with Crippen LogP contribution in [0.15, 0.2) is 72.9 Å². The molecule has 5 nitrogen and oxygen atoms in total. The zero-order chi connectivity index (χ0) is 49.6. The molecule has 0 rings (SSSR count). The van der Waals surface area contributed by atoms with Crippen LogP contribution in [0.5, 0.6) is 0 Å². The minimum atomic E-state index is -0.0941. The quantitative estimate of drug-likeness (QED) is 0.0450. The molecule has 0 aromatic heterocycles. The van der Waals surface area contributed by atoms with Crippen molar-refractivity contribution in [2.24, 2.45) is 5.92 Å². The Kier molecular flexibility index (Phi) is 52.1. The second-order valence-electron chi connectivity index (χ2n) is 20.7. The first-order valence-corrected chi connectivity index (χ1v) is 29.5. The maximum atomic E-state index is 14.1. The lowest BCUT2D eigenvalue weighted by Crippen LogP contribution is -2.43. The summed E-state index contributed by atoms with van der Waals surface area (Å²) in [6.45, 7) is 9.92. The molecule has 0 aliphatic rings. The Labute approximate surface area is 426 Å². The molecule has 396 valence electrons. The Bertz CT molecular complexity index is 1200. The van der Waals surface area contributed by atoms with Gasteiger partial charge in [-0.15, -0.1) is 0 Å². The van der Waals surface area contributed by atoms with E-state index in [-0.39, 0.29) is 12.2 Å². The van der Waals surface area contributed by atoms with Crippen molar-refractivity contribution in [1.29, 1.82) is 0 Å². The van der Waals surface area contributed by atoms with Crippen molar-refractivity contribution in [1.82, 2.24) is 14.7 Å². The SMILES string of the molecule is CCCCC/C=C\C/C=C\CCCCCCCCC(CCCCCCC/C=C\C/C=C\CCCCC)C(CCCCCCC/C=C\C/C=C\CCCCC)OC(=O)N(CCN(C)C)CCN(C)C. The summed E-state index contributed by atoms with van der Waals surface area (Å²) >= 11 is 0. The molecular weight excluding hydrogens is 831 g/mol. The molecule has 5 heteroatoms. The van der Waals surface area contributed by atoms with Gasteiger partial charge in [0.15, 0.2) is 0 Å². The number of rotatable bonds is 51. The van der Waals surface area contributed by atoms with Gasteiger partial charge in [-0.3, -0.25) is 0 Å². The Morgan fingerprint density at radius 1 is 0.353 bits per heavy atom. The van der Waals surface area contributed by atoms with E-state index in [0.29, 0.717) is 19.0 Å². The van der Waals surface area contributed by atoms with Crippen LogP contribution in [0.25, 0.3) is 0 Å². The predicted molar refractivity (Wildman–Crippen MR) is 305 cm³/mol. The van der Waals surface area contributed by atoms with E-state index in [0.717, 1.165) is 45.2 Å². The van der Waals surface area contributed by atoms with Crippen LogP contribution in [0.2, 0.25) is 0 Å². The van der Waals surface area contributed by atoms with Crippen molar-refractivity contribution < 1.29 is 9.53 Å². The molecule has 0 saturated carbocycles. The summed E-state index contributed by atoms with van der Waals surface area (Å²) in [5.74, 6) is 0.443. The number of hydrogen-bond donors (Lipinski definition) is 0. The van der Waals surface area contributed by atoms with Gasteiger partial charge in [0, 0.05) is 26.2 Å². The summed E-state index contributed by atoms with van der Waals surface area (Å²) in [5.41, 5.74) is 0. The number of unbranched alkanes of at least 4 members (excludes halogenated alkanes) is 25. The van der Waals surface area contributed by atoms with Crippen molar-refractivity contribution in [3.8, 4) is 0 Å². The zero-order valence-corrected chi connectivity index (χ0v) is 46.7. The Hall–Kier alpha value is -2.37. The lowest BCUT2D eigenvalue weighted by molar-refractivity contribution is 0.0208. The van der Waals surface area contributed by atoms with E-state index in [1.54, 1.807) is 0 Å². The van der Waals surface area contributed by atoms with Gasteiger partial charge in [0.25, 0.3) is 0 Å². The van der Waals surface area contributed by atoms with Crippen molar-refractivity contribution in [3.63, 3.8) is 0 Å². The smallest absolute Gasteiger partial charge is 0.410 e. The highest BCUT2D eigenvalue weighted by Crippen LogP contribution is 2.28. The molecule has 0 spiro atoms. The second kappa shape index (κ2) is 54.0. The van der Waals surface area contributed by atoms with E-state index in [2.05, 4.69) is 132 Å². The summed E-state index contributed by atoms with van der Waals surface area (Å²) in [6, 6.07) is 0. The fourth-order valence-electron chi connectivity index (χ4n) is 8.82. The average molecular weight is 949 g/mol. The molecule has 0 aromatic carbocycles. The number of ether oxygens (including phenoxy) is 1. The van der Waals surface area contributed by atoms with E-state index < -0.39 is 0 Å². The lowest BCUT2D eigenvalue weighted by Gasteiger charge is -2.31. The third-order valence-corrected chi connectivity index (χ3v) is 13.4. The van der Waals surface area contributed by atoms with E-state index in [4.69, 9.17) is 4.74 Å². The Balaban J connectivity index is 5.44. The molecular formula is C63H117N3O2. The summed E-state index contributed by atoms with van der Waals surface area (Å²) in [5, 5.41) is 0. The number of carbonyl (C=O) groups excluding carboxylic acids is 1. The highest BCUT2D eigenvalue weighted by atomic mass is 16.6. The molecule has 0 bridgehead atoms. The summed E-state index contributed by atoms with van der Waals surface area (Å²) in [7, 11) is 8.38. The number of amides is 1. The van der Waals surface area contributed by atoms with Crippen molar-refractivity contribution >= 4 is 6.09 Å². The second-order valence-corrected chi connectivity index (χ2v) is 20.7. The van der Waals surface area contributed by atoms with Crippen molar-refractivity contribution in [2.75, 3.05) is 54.4 Å². The zero-order valence-electron chi connectivity index (χ0n) is 46.7. The molecule has 0 fully saturated rings. The molecule has 0 radical (unpaired) electrons. The molecule has 2 atom stereocenters. The highest BCUT2D eigenvalue weighted by Gasteiger charge is 2.27. The summed E-state index contributed by atoms with van der Waals surface area (Å²) < 4.78 is 6.72. The fourth-order valence-corrected chi connectivity index (χ4v) is 8.82. The van der Waals surface area contributed by atoms with Crippen molar-refractivity contribution in [3.05, 3.63) is 72.9 Å². The lowest BCUT2D eigenvalue weighted by atomic mass is 9.87. The highest BCUT2D eigenvalue weighted by molar-refractivity contribution is 5.67. The van der Waals surface area contributed by atoms with Gasteiger partial charge in [-0.1, -0.05) is 209 Å². The molecule has 0 heterocycles. The van der Waals surface area contributed by atoms with E-state index >= 15 is 0 Å². The first kappa shape index (κ1) is 65.6. The van der Waals surface area contributed by atoms with Crippen LogP contribution >= 0.6 is 0 Å². The minimum absolute atomic E-state index is 0.00507. The summed E-state index contributed by atoms with van der Waals surface area (Å²) in [4.78, 5) is 20.5. The minimum Gasteiger partial charge on any atom is -0.446 e. The van der Waals surface area contributed by atoms with Gasteiger partial charge >= 0.3 is 6.09 Å². The molecule has 1 amide bonds. The van der Waals surface area contributed by atoms with E-state index in [9.17, 15) is 4.79 Å². The van der Waals surface area contributed by atoms with Crippen LogP contribution < -0.4 is 0 Å². The number of likely N-dealkylation sites (N-methyl/N-ethyl adjacent to an activating group) is 2. The number of allylic oxidation sites excluding steroid dienone is 12. The normalized spacial score (nSPS) is 13.4. The predicted octanol–water partition coefficient (Wildman–Crippen LogP) is 19.4. The maximum absolute atomic E-state index is 14.1. The van der Waals surface area contributed by atoms with Gasteiger partial charge < -0.3 is 19.4 Å². The third-order valence-electron chi connectivity index (χ3n) is 13.4. The first-order chi connectivity index (χ1) is 33.3. The topological polar surface area (TPSA) is 36.0 Å². The molecule has 2 unspecified atom stereocenters. The number of nitrogens with zero attached hydrogens (tertiary/aromatic N) is 3. The summed E-state index contributed by atoms with van der Waals surface area (Å²) in [6.07, 6.45) is 74.4. The van der Waals surface area contributed by atoms with E-state index in [1.165, 1.54) is 205 Å². The van der Waals surface area contributed by atoms with Gasteiger partial charge in [0.2, 0.25) is 0 Å². The van der Waals surface area contributed by atoms with Crippen LogP contribution in [0.4, 0.5) is 4.79 Å². The molecule has 0 aliphatic carbocycles. The molecule has 0 aromatic rings. The van der Waals surface area contributed by atoms with Crippen LogP contribution in [0, 0.1) is 5.92 Å². The van der Waals surface area contributed by atoms with Crippen LogP contribution in [-0.4, -0.2) is 81.3 Å². The molecule has 0 aliphatic heterocycles. The number of hydrogen-bond acceptors (Lipinski definition) is 4. The Morgan fingerprint density at radius 3 is 0.941 bits per heavy atom. The average Bonchev–Trinajstić information content (AvgIpc) is 3.32. The van der Waals surface area contributed by atoms with E-state index in [1.807, 2.05) is 4.90 Å². The largest absolute Gasteiger partial charge is 0.446 e. The number of carbonyl (C=O) groups is 1. The standard InChI is InChI=1S/C63H117N3O2/c1-8-11-14-17-20-23-26-29-32-35-37-40-43-46-49-52-55-61(54-51-48-45-42-39-36-33-30-27-24-21-18-15-12-9-2)62(68-63(67)66(59-57-64(4)5)60-58-65(6)7)56-53-50-47-44-41-38-34-31-28-25-22-19-16-13-10-3/h20-25,29-34,61-62H,8-19,26-28,35-60H2,1-7H3/b23-20-,24-21-,25-22-,32-29-,33-30-,34-31-. The Morgan fingerprint density at radius 2 is 0.632 bits per heavy atom. The molecule has 0 N–H and O–H groups in total. The third kappa shape index (κ3) is 48.6. The van der Waals surface area contributed by atoms with Gasteiger partial charge in [0.1, 0.15) is 6.10 Å². The van der Waals surface area contributed by atoms with Gasteiger partial charge in [0.05, 0.1) is 0 Å². The van der Waals surface area contributed by atoms with Gasteiger partial charge in [-0.05, 0) is 156 Å². The molecule has 68 heavy (non-hydrogen) atoms. The van der Waals surface area contributed by atoms with Crippen molar-refractivity contribution in [2.45, 2.75) is 264 Å². The first-order valence-electron chi connectivity index (χ1n) is 29.5. The maximum Gasteiger partial charge on any atom is 0.410 e. The van der Waals surface area contributed by atoms with Gasteiger partial charge in [-0.25, -0.2) is 4.79 Å².